The van der Waals surface area contributed by atoms with Crippen molar-refractivity contribution in [2.75, 3.05) is 26.3 Å². The molecule has 2 rings (SSSR count). The minimum absolute atomic E-state index is 0.703. The zero-order valence-electron chi connectivity index (χ0n) is 11.2. The maximum atomic E-state index is 5.76. The lowest BCUT2D eigenvalue weighted by Gasteiger charge is -2.22. The van der Waals surface area contributed by atoms with Crippen LogP contribution in [0.25, 0.3) is 0 Å². The van der Waals surface area contributed by atoms with E-state index in [0.717, 1.165) is 37.0 Å². The van der Waals surface area contributed by atoms with Crippen molar-refractivity contribution in [1.82, 2.24) is 5.32 Å². The third kappa shape index (κ3) is 4.22. The Hall–Kier alpha value is -1.22. The monoisotopic (exact) mass is 249 g/mol. The molecule has 18 heavy (non-hydrogen) atoms. The topological polar surface area (TPSA) is 30.5 Å². The van der Waals surface area contributed by atoms with Crippen LogP contribution in [0.1, 0.15) is 26.2 Å². The molecule has 3 nitrogen and oxygen atoms in total. The van der Waals surface area contributed by atoms with Crippen LogP contribution in [0.4, 0.5) is 0 Å². The van der Waals surface area contributed by atoms with Crippen molar-refractivity contribution >= 4 is 0 Å². The molecule has 0 radical (unpaired) electrons. The SMILES string of the molecule is CCOc1ccc(OCC[C@H]2CCCNC2)cc1. The van der Waals surface area contributed by atoms with Gasteiger partial charge in [0.15, 0.2) is 0 Å². The fourth-order valence-corrected chi connectivity index (χ4v) is 2.31. The zero-order valence-corrected chi connectivity index (χ0v) is 11.2. The lowest BCUT2D eigenvalue weighted by Crippen LogP contribution is -2.30. The summed E-state index contributed by atoms with van der Waals surface area (Å²) < 4.78 is 11.2. The van der Waals surface area contributed by atoms with Gasteiger partial charge in [0.05, 0.1) is 13.2 Å². The smallest absolute Gasteiger partial charge is 0.119 e. The summed E-state index contributed by atoms with van der Waals surface area (Å²) in [6, 6.07) is 7.87. The summed E-state index contributed by atoms with van der Waals surface area (Å²) in [6.45, 7) is 5.82. The van der Waals surface area contributed by atoms with Crippen molar-refractivity contribution in [2.45, 2.75) is 26.2 Å². The van der Waals surface area contributed by atoms with Crippen LogP contribution < -0.4 is 14.8 Å². The first-order chi connectivity index (χ1) is 8.88. The summed E-state index contributed by atoms with van der Waals surface area (Å²) >= 11 is 0. The second-order valence-corrected chi connectivity index (χ2v) is 4.75. The molecule has 100 valence electrons. The van der Waals surface area contributed by atoms with Crippen LogP contribution in [-0.2, 0) is 0 Å². The van der Waals surface area contributed by atoms with Gasteiger partial charge >= 0.3 is 0 Å². The summed E-state index contributed by atoms with van der Waals surface area (Å²) in [5.74, 6) is 2.62. The minimum atomic E-state index is 0.703. The highest BCUT2D eigenvalue weighted by Gasteiger charge is 2.12. The van der Waals surface area contributed by atoms with Gasteiger partial charge in [0, 0.05) is 0 Å². The largest absolute Gasteiger partial charge is 0.494 e. The van der Waals surface area contributed by atoms with Crippen molar-refractivity contribution < 1.29 is 9.47 Å². The zero-order chi connectivity index (χ0) is 12.6. The fraction of sp³-hybridized carbons (Fsp3) is 0.600. The van der Waals surface area contributed by atoms with Gasteiger partial charge < -0.3 is 14.8 Å². The van der Waals surface area contributed by atoms with Gasteiger partial charge in [0.2, 0.25) is 0 Å². The molecule has 0 spiro atoms. The molecule has 1 aromatic rings. The van der Waals surface area contributed by atoms with E-state index < -0.39 is 0 Å². The van der Waals surface area contributed by atoms with Gasteiger partial charge in [0.1, 0.15) is 11.5 Å². The highest BCUT2D eigenvalue weighted by atomic mass is 16.5. The summed E-state index contributed by atoms with van der Waals surface area (Å²) in [5, 5.41) is 3.43. The Balaban J connectivity index is 1.69. The lowest BCUT2D eigenvalue weighted by molar-refractivity contribution is 0.253. The molecule has 1 fully saturated rings. The lowest BCUT2D eigenvalue weighted by atomic mass is 9.97. The standard InChI is InChI=1S/C15H23NO2/c1-2-17-14-5-7-15(8-6-14)18-11-9-13-4-3-10-16-12-13/h5-8,13,16H,2-4,9-12H2,1H3/t13-/m1/s1. The Morgan fingerprint density at radius 2 is 1.89 bits per heavy atom. The van der Waals surface area contributed by atoms with Crippen LogP contribution in [0.2, 0.25) is 0 Å². The molecule has 1 heterocycles. The molecular weight excluding hydrogens is 226 g/mol. The predicted molar refractivity (Wildman–Crippen MR) is 73.3 cm³/mol. The Morgan fingerprint density at radius 1 is 1.17 bits per heavy atom. The Kier molecular flexibility index (Phi) is 5.34. The van der Waals surface area contributed by atoms with E-state index in [-0.39, 0.29) is 0 Å². The Morgan fingerprint density at radius 3 is 2.50 bits per heavy atom. The van der Waals surface area contributed by atoms with E-state index in [0.29, 0.717) is 6.61 Å². The van der Waals surface area contributed by atoms with Crippen molar-refractivity contribution in [3.8, 4) is 11.5 Å². The van der Waals surface area contributed by atoms with Crippen molar-refractivity contribution in [3.05, 3.63) is 24.3 Å². The van der Waals surface area contributed by atoms with Gasteiger partial charge in [-0.2, -0.15) is 0 Å². The Labute approximate surface area is 109 Å². The quantitative estimate of drug-likeness (QED) is 0.841. The van der Waals surface area contributed by atoms with E-state index in [4.69, 9.17) is 9.47 Å². The van der Waals surface area contributed by atoms with E-state index >= 15 is 0 Å². The van der Waals surface area contributed by atoms with Crippen molar-refractivity contribution in [1.29, 1.82) is 0 Å². The molecule has 0 bridgehead atoms. The number of benzene rings is 1. The first-order valence-electron chi connectivity index (χ1n) is 6.95. The number of hydrogen-bond donors (Lipinski definition) is 1. The predicted octanol–water partition coefficient (Wildman–Crippen LogP) is 2.85. The second-order valence-electron chi connectivity index (χ2n) is 4.75. The molecule has 1 N–H and O–H groups in total. The maximum absolute atomic E-state index is 5.76. The van der Waals surface area contributed by atoms with Crippen LogP contribution in [-0.4, -0.2) is 26.3 Å². The molecule has 0 amide bonds. The molecule has 0 saturated carbocycles. The number of nitrogens with one attached hydrogen (secondary N) is 1. The molecule has 1 saturated heterocycles. The van der Waals surface area contributed by atoms with Gasteiger partial charge in [-0.05, 0) is 69.5 Å². The molecule has 1 aromatic carbocycles. The number of rotatable bonds is 6. The molecule has 3 heteroatoms. The highest BCUT2D eigenvalue weighted by Crippen LogP contribution is 2.19. The fourth-order valence-electron chi connectivity index (χ4n) is 2.31. The highest BCUT2D eigenvalue weighted by molar-refractivity contribution is 5.31. The van der Waals surface area contributed by atoms with Gasteiger partial charge in [-0.15, -0.1) is 0 Å². The van der Waals surface area contributed by atoms with Gasteiger partial charge in [-0.25, -0.2) is 0 Å². The minimum Gasteiger partial charge on any atom is -0.494 e. The molecule has 1 atom stereocenters. The van der Waals surface area contributed by atoms with Gasteiger partial charge in [-0.1, -0.05) is 0 Å². The third-order valence-corrected chi connectivity index (χ3v) is 3.33. The average molecular weight is 249 g/mol. The van der Waals surface area contributed by atoms with E-state index in [9.17, 15) is 0 Å². The number of hydrogen-bond acceptors (Lipinski definition) is 3. The molecule has 1 aliphatic rings. The van der Waals surface area contributed by atoms with Crippen LogP contribution in [0, 0.1) is 5.92 Å². The van der Waals surface area contributed by atoms with E-state index in [1.807, 2.05) is 31.2 Å². The summed E-state index contributed by atoms with van der Waals surface area (Å²) in [4.78, 5) is 0. The number of ether oxygens (including phenoxy) is 2. The Bertz CT molecular complexity index is 331. The molecule has 0 aromatic heterocycles. The van der Waals surface area contributed by atoms with Gasteiger partial charge in [-0.3, -0.25) is 0 Å². The van der Waals surface area contributed by atoms with Crippen LogP contribution in [0.3, 0.4) is 0 Å². The summed E-state index contributed by atoms with van der Waals surface area (Å²) in [7, 11) is 0. The summed E-state index contributed by atoms with van der Waals surface area (Å²) in [6.07, 6.45) is 3.77. The normalized spacial score (nSPS) is 19.5. The van der Waals surface area contributed by atoms with Gasteiger partial charge in [0.25, 0.3) is 0 Å². The molecule has 1 aliphatic heterocycles. The molecule has 0 aliphatic carbocycles. The van der Waals surface area contributed by atoms with Crippen LogP contribution in [0.15, 0.2) is 24.3 Å². The first kappa shape index (κ1) is 13.2. The van der Waals surface area contributed by atoms with Crippen molar-refractivity contribution in [2.24, 2.45) is 5.92 Å². The van der Waals surface area contributed by atoms with Crippen LogP contribution >= 0.6 is 0 Å². The third-order valence-electron chi connectivity index (χ3n) is 3.33. The first-order valence-corrected chi connectivity index (χ1v) is 6.95. The van der Waals surface area contributed by atoms with Crippen LogP contribution in [0.5, 0.6) is 11.5 Å². The number of piperidine rings is 1. The molecule has 0 unspecified atom stereocenters. The second kappa shape index (κ2) is 7.27. The maximum Gasteiger partial charge on any atom is 0.119 e. The van der Waals surface area contributed by atoms with Crippen molar-refractivity contribution in [3.63, 3.8) is 0 Å². The summed E-state index contributed by atoms with van der Waals surface area (Å²) in [5.41, 5.74) is 0. The van der Waals surface area contributed by atoms with E-state index in [2.05, 4.69) is 5.32 Å². The average Bonchev–Trinajstić information content (AvgIpc) is 2.42. The van der Waals surface area contributed by atoms with E-state index in [1.165, 1.54) is 19.4 Å². The molecular formula is C15H23NO2. The van der Waals surface area contributed by atoms with E-state index in [1.54, 1.807) is 0 Å².